The molecule has 6 heteroatoms. The zero-order valence-corrected chi connectivity index (χ0v) is 9.50. The number of amides is 2. The quantitative estimate of drug-likeness (QED) is 0.478. The van der Waals surface area contributed by atoms with Gasteiger partial charge in [0, 0.05) is 19.5 Å². The first kappa shape index (κ1) is 12.3. The predicted octanol–water partition coefficient (Wildman–Crippen LogP) is -0.458. The highest BCUT2D eigenvalue weighted by atomic mass is 35.5. The van der Waals surface area contributed by atoms with Gasteiger partial charge in [0.05, 0.1) is 26.3 Å². The minimum atomic E-state index is -0.0356. The summed E-state index contributed by atoms with van der Waals surface area (Å²) >= 11 is 5.43. The number of nitrogens with zero attached hydrogens (tertiary/aromatic N) is 2. The molecule has 0 unspecified atom stereocenters. The molecular formula is C9H15ClN2O3. The van der Waals surface area contributed by atoms with Crippen molar-refractivity contribution in [2.24, 2.45) is 0 Å². The Labute approximate surface area is 93.9 Å². The number of alkyl halides is 1. The van der Waals surface area contributed by atoms with Crippen LogP contribution in [0.15, 0.2) is 0 Å². The van der Waals surface area contributed by atoms with E-state index in [1.807, 2.05) is 0 Å². The Balaban J connectivity index is 2.29. The van der Waals surface area contributed by atoms with Crippen LogP contribution in [0.25, 0.3) is 0 Å². The molecular weight excluding hydrogens is 220 g/mol. The monoisotopic (exact) mass is 234 g/mol. The summed E-state index contributed by atoms with van der Waals surface area (Å²) in [6, 6.07) is 0. The van der Waals surface area contributed by atoms with Crippen molar-refractivity contribution >= 4 is 23.4 Å². The molecule has 86 valence electrons. The summed E-state index contributed by atoms with van der Waals surface area (Å²) in [5.74, 6) is 0.369. The zero-order chi connectivity index (χ0) is 11.3. The van der Waals surface area contributed by atoms with E-state index >= 15 is 0 Å². The van der Waals surface area contributed by atoms with Gasteiger partial charge in [-0.3, -0.25) is 9.59 Å². The van der Waals surface area contributed by atoms with Gasteiger partial charge in [-0.2, -0.15) is 0 Å². The fourth-order valence-electron chi connectivity index (χ4n) is 1.30. The van der Waals surface area contributed by atoms with Gasteiger partial charge in [-0.05, 0) is 0 Å². The molecule has 1 saturated heterocycles. The lowest BCUT2D eigenvalue weighted by molar-refractivity contribution is -0.149. The van der Waals surface area contributed by atoms with Crippen molar-refractivity contribution in [2.75, 3.05) is 45.8 Å². The highest BCUT2D eigenvalue weighted by molar-refractivity contribution is 6.17. The second-order valence-electron chi connectivity index (χ2n) is 3.37. The van der Waals surface area contributed by atoms with Gasteiger partial charge in [-0.15, -0.1) is 11.6 Å². The molecule has 0 aromatic carbocycles. The Morgan fingerprint density at radius 3 is 2.67 bits per heavy atom. The molecule has 15 heavy (non-hydrogen) atoms. The van der Waals surface area contributed by atoms with Crippen molar-refractivity contribution in [1.82, 2.24) is 9.80 Å². The summed E-state index contributed by atoms with van der Waals surface area (Å²) < 4.78 is 5.15. The standard InChI is InChI=1S/C9H15ClN2O3/c1-11-6-9(14)12(7-8(11)13)3-5-15-4-2-10/h2-7H2,1H3. The number of rotatable bonds is 5. The lowest BCUT2D eigenvalue weighted by Crippen LogP contribution is -2.52. The summed E-state index contributed by atoms with van der Waals surface area (Å²) in [7, 11) is 1.63. The fourth-order valence-corrected chi connectivity index (χ4v) is 1.41. The Hall–Kier alpha value is -0.810. The van der Waals surface area contributed by atoms with E-state index < -0.39 is 0 Å². The van der Waals surface area contributed by atoms with Gasteiger partial charge in [0.1, 0.15) is 0 Å². The van der Waals surface area contributed by atoms with Gasteiger partial charge in [0.2, 0.25) is 11.8 Å². The Morgan fingerprint density at radius 1 is 1.27 bits per heavy atom. The van der Waals surface area contributed by atoms with E-state index in [0.29, 0.717) is 25.6 Å². The molecule has 0 bridgehead atoms. The number of piperazine rings is 1. The van der Waals surface area contributed by atoms with E-state index in [1.165, 1.54) is 9.80 Å². The normalized spacial score (nSPS) is 17.5. The number of likely N-dealkylation sites (N-methyl/N-ethyl adjacent to an activating group) is 1. The molecule has 0 spiro atoms. The molecule has 2 amide bonds. The molecule has 1 rings (SSSR count). The van der Waals surface area contributed by atoms with E-state index in [2.05, 4.69) is 0 Å². The van der Waals surface area contributed by atoms with Crippen LogP contribution in [0.5, 0.6) is 0 Å². The van der Waals surface area contributed by atoms with E-state index in [9.17, 15) is 9.59 Å². The van der Waals surface area contributed by atoms with Crippen LogP contribution in [0.1, 0.15) is 0 Å². The lowest BCUT2D eigenvalue weighted by atomic mass is 10.3. The lowest BCUT2D eigenvalue weighted by Gasteiger charge is -2.31. The third kappa shape index (κ3) is 3.68. The number of halogens is 1. The van der Waals surface area contributed by atoms with Gasteiger partial charge < -0.3 is 14.5 Å². The van der Waals surface area contributed by atoms with Crippen LogP contribution in [-0.2, 0) is 14.3 Å². The van der Waals surface area contributed by atoms with Crippen LogP contribution < -0.4 is 0 Å². The van der Waals surface area contributed by atoms with Crippen molar-refractivity contribution in [3.05, 3.63) is 0 Å². The van der Waals surface area contributed by atoms with Crippen molar-refractivity contribution in [3.63, 3.8) is 0 Å². The molecule has 1 aliphatic heterocycles. The summed E-state index contributed by atoms with van der Waals surface area (Å²) in [5, 5.41) is 0. The maximum absolute atomic E-state index is 11.5. The van der Waals surface area contributed by atoms with Crippen molar-refractivity contribution in [2.45, 2.75) is 0 Å². The van der Waals surface area contributed by atoms with Crippen LogP contribution >= 0.6 is 11.6 Å². The molecule has 0 radical (unpaired) electrons. The molecule has 1 heterocycles. The van der Waals surface area contributed by atoms with Gasteiger partial charge in [-0.1, -0.05) is 0 Å². The fraction of sp³-hybridized carbons (Fsp3) is 0.778. The van der Waals surface area contributed by atoms with Gasteiger partial charge in [-0.25, -0.2) is 0 Å². The second-order valence-corrected chi connectivity index (χ2v) is 3.74. The molecule has 0 aromatic heterocycles. The summed E-state index contributed by atoms with van der Waals surface area (Å²) in [4.78, 5) is 25.7. The number of hydrogen-bond acceptors (Lipinski definition) is 3. The van der Waals surface area contributed by atoms with Crippen LogP contribution in [0.2, 0.25) is 0 Å². The van der Waals surface area contributed by atoms with Crippen LogP contribution in [-0.4, -0.2) is 67.4 Å². The molecule has 1 fully saturated rings. The predicted molar refractivity (Wildman–Crippen MR) is 55.8 cm³/mol. The van der Waals surface area contributed by atoms with E-state index in [-0.39, 0.29) is 24.9 Å². The molecule has 1 aliphatic rings. The van der Waals surface area contributed by atoms with E-state index in [0.717, 1.165) is 0 Å². The van der Waals surface area contributed by atoms with Gasteiger partial charge in [0.25, 0.3) is 0 Å². The largest absolute Gasteiger partial charge is 0.378 e. The summed E-state index contributed by atoms with van der Waals surface area (Å²) in [6.07, 6.45) is 0. The SMILES string of the molecule is CN1CC(=O)N(CCOCCCl)CC1=O. The third-order valence-electron chi connectivity index (χ3n) is 2.20. The van der Waals surface area contributed by atoms with Crippen LogP contribution in [0, 0.1) is 0 Å². The number of ether oxygens (including phenoxy) is 1. The van der Waals surface area contributed by atoms with Crippen LogP contribution in [0.4, 0.5) is 0 Å². The highest BCUT2D eigenvalue weighted by Gasteiger charge is 2.26. The number of carbonyl (C=O) groups is 2. The maximum Gasteiger partial charge on any atom is 0.242 e. The third-order valence-corrected chi connectivity index (χ3v) is 2.36. The van der Waals surface area contributed by atoms with E-state index in [4.69, 9.17) is 16.3 Å². The highest BCUT2D eigenvalue weighted by Crippen LogP contribution is 2.02. The van der Waals surface area contributed by atoms with Crippen LogP contribution in [0.3, 0.4) is 0 Å². The molecule has 0 atom stereocenters. The zero-order valence-electron chi connectivity index (χ0n) is 8.74. The molecule has 0 N–H and O–H groups in total. The Kier molecular flexibility index (Phi) is 4.84. The minimum absolute atomic E-state index is 0.0352. The number of carbonyl (C=O) groups excluding carboxylic acids is 2. The first-order valence-corrected chi connectivity index (χ1v) is 5.34. The second kappa shape index (κ2) is 5.92. The Bertz CT molecular complexity index is 248. The first-order chi connectivity index (χ1) is 7.15. The van der Waals surface area contributed by atoms with Crippen molar-refractivity contribution in [1.29, 1.82) is 0 Å². The van der Waals surface area contributed by atoms with Crippen molar-refractivity contribution in [3.8, 4) is 0 Å². The molecule has 0 aliphatic carbocycles. The topological polar surface area (TPSA) is 49.9 Å². The van der Waals surface area contributed by atoms with E-state index in [1.54, 1.807) is 7.05 Å². The first-order valence-electron chi connectivity index (χ1n) is 4.80. The van der Waals surface area contributed by atoms with Gasteiger partial charge >= 0.3 is 0 Å². The van der Waals surface area contributed by atoms with Gasteiger partial charge in [0.15, 0.2) is 0 Å². The van der Waals surface area contributed by atoms with Crippen molar-refractivity contribution < 1.29 is 14.3 Å². The smallest absolute Gasteiger partial charge is 0.242 e. The summed E-state index contributed by atoms with van der Waals surface area (Å²) in [5.41, 5.74) is 0. The number of hydrogen-bond donors (Lipinski definition) is 0. The molecule has 0 aromatic rings. The average molecular weight is 235 g/mol. The molecule has 0 saturated carbocycles. The average Bonchev–Trinajstić information content (AvgIpc) is 2.20. The summed E-state index contributed by atoms with van der Waals surface area (Å²) in [6.45, 7) is 1.66. The molecule has 5 nitrogen and oxygen atoms in total. The minimum Gasteiger partial charge on any atom is -0.378 e. The Morgan fingerprint density at radius 2 is 2.00 bits per heavy atom. The maximum atomic E-state index is 11.5.